The number of hydrogen-bond donors (Lipinski definition) is 1. The number of rotatable bonds is 5. The third kappa shape index (κ3) is 3.55. The SMILES string of the molecule is O=C(O)Cn1c(CCc2ccc(F)cc2F)nc(=O)c2ccccc21. The molecule has 0 aliphatic heterocycles. The average Bonchev–Trinajstić information content (AvgIpc) is 2.57. The summed E-state index contributed by atoms with van der Waals surface area (Å²) in [5.41, 5.74) is 0.261. The minimum Gasteiger partial charge on any atom is -0.480 e. The summed E-state index contributed by atoms with van der Waals surface area (Å²) in [6.07, 6.45) is 0.312. The topological polar surface area (TPSA) is 72.2 Å². The predicted molar refractivity (Wildman–Crippen MR) is 87.4 cm³/mol. The van der Waals surface area contributed by atoms with E-state index < -0.39 is 23.2 Å². The molecule has 0 radical (unpaired) electrons. The van der Waals surface area contributed by atoms with E-state index in [-0.39, 0.29) is 30.8 Å². The highest BCUT2D eigenvalue weighted by molar-refractivity contribution is 5.79. The Hall–Kier alpha value is -3.09. The lowest BCUT2D eigenvalue weighted by Crippen LogP contribution is -2.22. The molecule has 25 heavy (non-hydrogen) atoms. The van der Waals surface area contributed by atoms with E-state index in [0.29, 0.717) is 10.9 Å². The zero-order valence-electron chi connectivity index (χ0n) is 13.1. The summed E-state index contributed by atoms with van der Waals surface area (Å²) < 4.78 is 28.2. The number of aliphatic carboxylic acids is 1. The number of carboxylic acid groups (broad SMARTS) is 1. The minimum atomic E-state index is -1.08. The van der Waals surface area contributed by atoms with Gasteiger partial charge in [-0.15, -0.1) is 0 Å². The number of halogens is 2. The summed E-state index contributed by atoms with van der Waals surface area (Å²) in [5, 5.41) is 9.47. The molecule has 1 heterocycles. The van der Waals surface area contributed by atoms with Crippen LogP contribution in [0.5, 0.6) is 0 Å². The van der Waals surface area contributed by atoms with Crippen molar-refractivity contribution in [3.05, 3.63) is 75.8 Å². The van der Waals surface area contributed by atoms with E-state index in [0.717, 1.165) is 12.1 Å². The van der Waals surface area contributed by atoms with Crippen molar-refractivity contribution in [1.29, 1.82) is 0 Å². The zero-order valence-corrected chi connectivity index (χ0v) is 13.1. The molecule has 0 aliphatic carbocycles. The van der Waals surface area contributed by atoms with Gasteiger partial charge in [-0.2, -0.15) is 4.98 Å². The highest BCUT2D eigenvalue weighted by atomic mass is 19.1. The Morgan fingerprint density at radius 3 is 2.60 bits per heavy atom. The highest BCUT2D eigenvalue weighted by Gasteiger charge is 2.14. The lowest BCUT2D eigenvalue weighted by molar-refractivity contribution is -0.137. The molecule has 0 unspecified atom stereocenters. The van der Waals surface area contributed by atoms with Crippen LogP contribution in [0.25, 0.3) is 10.9 Å². The van der Waals surface area contributed by atoms with Crippen LogP contribution in [-0.4, -0.2) is 20.6 Å². The van der Waals surface area contributed by atoms with Crippen LogP contribution in [0, 0.1) is 11.6 Å². The third-order valence-electron chi connectivity index (χ3n) is 3.89. The van der Waals surface area contributed by atoms with Gasteiger partial charge in [0.1, 0.15) is 24.0 Å². The van der Waals surface area contributed by atoms with Crippen LogP contribution in [-0.2, 0) is 24.2 Å². The number of nitrogens with zero attached hydrogens (tertiary/aromatic N) is 2. The second-order valence-electron chi connectivity index (χ2n) is 5.57. The van der Waals surface area contributed by atoms with Crippen LogP contribution in [0.1, 0.15) is 11.4 Å². The van der Waals surface area contributed by atoms with Gasteiger partial charge in [-0.3, -0.25) is 9.59 Å². The van der Waals surface area contributed by atoms with Gasteiger partial charge >= 0.3 is 5.97 Å². The molecule has 0 saturated carbocycles. The second kappa shape index (κ2) is 6.80. The molecule has 0 atom stereocenters. The molecule has 0 fully saturated rings. The van der Waals surface area contributed by atoms with Crippen LogP contribution in [0.3, 0.4) is 0 Å². The number of hydrogen-bond acceptors (Lipinski definition) is 3. The predicted octanol–water partition coefficient (Wildman–Crippen LogP) is 2.54. The van der Waals surface area contributed by atoms with Crippen molar-refractivity contribution in [2.45, 2.75) is 19.4 Å². The van der Waals surface area contributed by atoms with Crippen LogP contribution in [0.2, 0.25) is 0 Å². The monoisotopic (exact) mass is 344 g/mol. The third-order valence-corrected chi connectivity index (χ3v) is 3.89. The molecule has 0 amide bonds. The Balaban J connectivity index is 2.02. The summed E-state index contributed by atoms with van der Waals surface area (Å²) >= 11 is 0. The maximum atomic E-state index is 13.8. The van der Waals surface area contributed by atoms with Gasteiger partial charge in [-0.05, 0) is 30.2 Å². The van der Waals surface area contributed by atoms with Crippen molar-refractivity contribution in [2.24, 2.45) is 0 Å². The average molecular weight is 344 g/mol. The van der Waals surface area contributed by atoms with E-state index in [9.17, 15) is 18.4 Å². The number of para-hydroxylation sites is 1. The van der Waals surface area contributed by atoms with Gasteiger partial charge in [0.15, 0.2) is 0 Å². The first-order valence-electron chi connectivity index (χ1n) is 7.60. The van der Waals surface area contributed by atoms with E-state index in [2.05, 4.69) is 4.98 Å². The summed E-state index contributed by atoms with van der Waals surface area (Å²) in [4.78, 5) is 27.3. The summed E-state index contributed by atoms with van der Waals surface area (Å²) in [7, 11) is 0. The molecule has 3 aromatic rings. The summed E-state index contributed by atoms with van der Waals surface area (Å²) in [6, 6.07) is 9.85. The van der Waals surface area contributed by atoms with Gasteiger partial charge in [0.2, 0.25) is 0 Å². The Labute approximate surface area is 141 Å². The van der Waals surface area contributed by atoms with E-state index in [1.807, 2.05) is 0 Å². The summed E-state index contributed by atoms with van der Waals surface area (Å²) in [5.74, 6) is -2.19. The molecule has 1 aromatic heterocycles. The van der Waals surface area contributed by atoms with Gasteiger partial charge in [-0.1, -0.05) is 18.2 Å². The Bertz CT molecular complexity index is 1010. The molecular formula is C18H14F2N2O3. The first-order chi connectivity index (χ1) is 12.0. The largest absolute Gasteiger partial charge is 0.480 e. The molecule has 7 heteroatoms. The minimum absolute atomic E-state index is 0.149. The van der Waals surface area contributed by atoms with Crippen molar-refractivity contribution in [3.63, 3.8) is 0 Å². The van der Waals surface area contributed by atoms with Crippen LogP contribution < -0.4 is 5.56 Å². The number of carbonyl (C=O) groups is 1. The number of carboxylic acids is 1. The quantitative estimate of drug-likeness (QED) is 0.772. The number of aromatic nitrogens is 2. The van der Waals surface area contributed by atoms with Crippen molar-refractivity contribution in [3.8, 4) is 0 Å². The maximum absolute atomic E-state index is 13.8. The van der Waals surface area contributed by atoms with Crippen molar-refractivity contribution in [1.82, 2.24) is 9.55 Å². The van der Waals surface area contributed by atoms with E-state index >= 15 is 0 Å². The molecule has 3 rings (SSSR count). The molecule has 1 N–H and O–H groups in total. The van der Waals surface area contributed by atoms with Crippen molar-refractivity contribution in [2.75, 3.05) is 0 Å². The highest BCUT2D eigenvalue weighted by Crippen LogP contribution is 2.15. The van der Waals surface area contributed by atoms with Crippen LogP contribution in [0.4, 0.5) is 8.78 Å². The number of aryl methyl sites for hydroxylation is 2. The lowest BCUT2D eigenvalue weighted by Gasteiger charge is -2.14. The fourth-order valence-electron chi connectivity index (χ4n) is 2.74. The Morgan fingerprint density at radius 2 is 1.88 bits per heavy atom. The molecule has 0 bridgehead atoms. The van der Waals surface area contributed by atoms with E-state index in [1.54, 1.807) is 24.3 Å². The number of benzene rings is 2. The van der Waals surface area contributed by atoms with Gasteiger partial charge in [-0.25, -0.2) is 8.78 Å². The molecule has 0 spiro atoms. The first kappa shape index (κ1) is 16.8. The lowest BCUT2D eigenvalue weighted by atomic mass is 10.1. The summed E-state index contributed by atoms with van der Waals surface area (Å²) in [6.45, 7) is -0.366. The molecule has 5 nitrogen and oxygen atoms in total. The molecule has 2 aromatic carbocycles. The van der Waals surface area contributed by atoms with E-state index in [1.165, 1.54) is 10.6 Å². The smallest absolute Gasteiger partial charge is 0.323 e. The van der Waals surface area contributed by atoms with Gasteiger partial charge in [0.05, 0.1) is 10.9 Å². The molecule has 0 saturated heterocycles. The Morgan fingerprint density at radius 1 is 1.12 bits per heavy atom. The standard InChI is InChI=1S/C18H14F2N2O3/c19-12-7-5-11(14(20)9-12)6-8-16-21-18(25)13-3-1-2-4-15(13)22(16)10-17(23)24/h1-5,7,9H,6,8,10H2,(H,23,24). The first-order valence-corrected chi connectivity index (χ1v) is 7.60. The van der Waals surface area contributed by atoms with Gasteiger partial charge < -0.3 is 9.67 Å². The molecule has 128 valence electrons. The van der Waals surface area contributed by atoms with Crippen LogP contribution >= 0.6 is 0 Å². The van der Waals surface area contributed by atoms with Crippen molar-refractivity contribution >= 4 is 16.9 Å². The molecule has 0 aliphatic rings. The van der Waals surface area contributed by atoms with Gasteiger partial charge in [0, 0.05) is 12.5 Å². The normalized spacial score (nSPS) is 11.0. The molecular weight excluding hydrogens is 330 g/mol. The van der Waals surface area contributed by atoms with Crippen LogP contribution in [0.15, 0.2) is 47.3 Å². The Kier molecular flexibility index (Phi) is 4.56. The number of fused-ring (bicyclic) bond motifs is 1. The fourth-order valence-corrected chi connectivity index (χ4v) is 2.74. The van der Waals surface area contributed by atoms with Gasteiger partial charge in [0.25, 0.3) is 5.56 Å². The second-order valence-corrected chi connectivity index (χ2v) is 5.57. The maximum Gasteiger partial charge on any atom is 0.323 e. The van der Waals surface area contributed by atoms with E-state index in [4.69, 9.17) is 5.11 Å². The zero-order chi connectivity index (χ0) is 18.0. The van der Waals surface area contributed by atoms with Crippen molar-refractivity contribution < 1.29 is 18.7 Å². The fraction of sp³-hybridized carbons (Fsp3) is 0.167.